The Kier molecular flexibility index (Phi) is 5.19. The molecule has 7 heteroatoms. The fourth-order valence-corrected chi connectivity index (χ4v) is 4.44. The summed E-state index contributed by atoms with van der Waals surface area (Å²) in [5.41, 5.74) is 3.48. The van der Waals surface area contributed by atoms with Gasteiger partial charge in [0.05, 0.1) is 34.7 Å². The highest BCUT2D eigenvalue weighted by Crippen LogP contribution is 2.36. The van der Waals surface area contributed by atoms with E-state index in [2.05, 4.69) is 41.4 Å². The second-order valence-corrected chi connectivity index (χ2v) is 9.21. The van der Waals surface area contributed by atoms with E-state index in [4.69, 9.17) is 0 Å². The van der Waals surface area contributed by atoms with Gasteiger partial charge in [-0.3, -0.25) is 18.9 Å². The Morgan fingerprint density at radius 2 is 1.88 bits per heavy atom. The van der Waals surface area contributed by atoms with Gasteiger partial charge in [0.2, 0.25) is 0 Å². The van der Waals surface area contributed by atoms with Crippen molar-refractivity contribution in [1.82, 2.24) is 23.7 Å². The minimum atomic E-state index is -0.240. The molecule has 4 aromatic rings. The molecule has 0 spiro atoms. The van der Waals surface area contributed by atoms with E-state index in [1.165, 1.54) is 5.56 Å². The zero-order valence-corrected chi connectivity index (χ0v) is 18.9. The van der Waals surface area contributed by atoms with Gasteiger partial charge in [0.1, 0.15) is 5.82 Å². The lowest BCUT2D eigenvalue weighted by molar-refractivity contribution is 0.500. The zero-order valence-electron chi connectivity index (χ0n) is 18.9. The molecule has 7 nitrogen and oxygen atoms in total. The minimum absolute atomic E-state index is 0.0532. The molecule has 0 N–H and O–H groups in total. The number of aryl methyl sites for hydroxylation is 2. The van der Waals surface area contributed by atoms with Crippen LogP contribution in [0.15, 0.2) is 46.2 Å². The lowest BCUT2D eigenvalue weighted by atomic mass is 10.1. The van der Waals surface area contributed by atoms with E-state index in [1.807, 2.05) is 22.8 Å². The lowest BCUT2D eigenvalue weighted by Gasteiger charge is -2.18. The Hall–Kier alpha value is -3.22. The summed E-state index contributed by atoms with van der Waals surface area (Å²) in [4.78, 5) is 35.0. The summed E-state index contributed by atoms with van der Waals surface area (Å²) in [5.74, 6) is 1.13. The normalized spacial score (nSPS) is 14.1. The van der Waals surface area contributed by atoms with Crippen molar-refractivity contribution in [2.75, 3.05) is 0 Å². The van der Waals surface area contributed by atoms with Gasteiger partial charge in [-0.05, 0) is 55.4 Å². The summed E-state index contributed by atoms with van der Waals surface area (Å²) in [6, 6.07) is 8.14. The van der Waals surface area contributed by atoms with E-state index < -0.39 is 0 Å². The van der Waals surface area contributed by atoms with Crippen LogP contribution in [0, 0.1) is 5.92 Å². The molecule has 0 radical (unpaired) electrons. The van der Waals surface area contributed by atoms with Gasteiger partial charge in [-0.25, -0.2) is 4.79 Å². The number of imidazole rings is 1. The van der Waals surface area contributed by atoms with E-state index >= 15 is 0 Å². The molecule has 5 rings (SSSR count). The number of pyridine rings is 1. The van der Waals surface area contributed by atoms with Crippen molar-refractivity contribution in [3.8, 4) is 0 Å². The highest BCUT2D eigenvalue weighted by molar-refractivity contribution is 5.79. The van der Waals surface area contributed by atoms with Gasteiger partial charge in [0.15, 0.2) is 0 Å². The number of hydrogen-bond acceptors (Lipinski definition) is 4. The first-order valence-electron chi connectivity index (χ1n) is 11.5. The lowest BCUT2D eigenvalue weighted by Crippen LogP contribution is -2.28. The molecule has 1 aliphatic carbocycles. The first kappa shape index (κ1) is 20.7. The predicted octanol–water partition coefficient (Wildman–Crippen LogP) is 3.90. The van der Waals surface area contributed by atoms with Crippen LogP contribution in [0.2, 0.25) is 0 Å². The van der Waals surface area contributed by atoms with Crippen LogP contribution < -0.4 is 11.2 Å². The van der Waals surface area contributed by atoms with Gasteiger partial charge >= 0.3 is 5.69 Å². The molecule has 166 valence electrons. The molecule has 1 fully saturated rings. The van der Waals surface area contributed by atoms with Crippen LogP contribution in [0.1, 0.15) is 57.5 Å². The van der Waals surface area contributed by atoms with Gasteiger partial charge in [-0.1, -0.05) is 26.8 Å². The van der Waals surface area contributed by atoms with Crippen molar-refractivity contribution in [2.45, 2.75) is 65.6 Å². The van der Waals surface area contributed by atoms with Crippen LogP contribution in [0.3, 0.4) is 0 Å². The number of benzene rings is 1. The molecule has 0 bridgehead atoms. The highest BCUT2D eigenvalue weighted by Gasteiger charge is 2.29. The monoisotopic (exact) mass is 431 g/mol. The number of fused-ring (bicyclic) bond motifs is 2. The van der Waals surface area contributed by atoms with Crippen LogP contribution in [-0.4, -0.2) is 23.7 Å². The molecule has 1 aromatic carbocycles. The van der Waals surface area contributed by atoms with Crippen LogP contribution in [0.5, 0.6) is 0 Å². The number of aromatic nitrogens is 5. The quantitative estimate of drug-likeness (QED) is 0.445. The minimum Gasteiger partial charge on any atom is -0.327 e. The average Bonchev–Trinajstić information content (AvgIpc) is 3.58. The highest BCUT2D eigenvalue weighted by atomic mass is 16.2. The van der Waals surface area contributed by atoms with E-state index in [1.54, 1.807) is 17.0 Å². The summed E-state index contributed by atoms with van der Waals surface area (Å²) in [7, 11) is 0. The molecule has 1 saturated carbocycles. The molecule has 0 unspecified atom stereocenters. The standard InChI is InChI=1S/C25H29N5O2/c1-4-17-5-8-19-21(13-17)28(12-10-16(2)3)23(27-24(19)31)15-29-22-14-26-11-9-20(22)30(25(29)32)18-6-7-18/h5,8-9,11,13-14,16,18H,4,6-7,10,12,15H2,1-3H3. The molecule has 0 saturated heterocycles. The number of nitrogens with zero attached hydrogens (tertiary/aromatic N) is 5. The van der Waals surface area contributed by atoms with E-state index in [0.717, 1.165) is 48.8 Å². The van der Waals surface area contributed by atoms with Crippen LogP contribution in [-0.2, 0) is 19.5 Å². The fourth-order valence-electron chi connectivity index (χ4n) is 4.44. The third-order valence-corrected chi connectivity index (χ3v) is 6.44. The topological polar surface area (TPSA) is 74.7 Å². The molecular weight excluding hydrogens is 402 g/mol. The predicted molar refractivity (Wildman–Crippen MR) is 126 cm³/mol. The Bertz CT molecular complexity index is 1420. The van der Waals surface area contributed by atoms with Gasteiger partial charge < -0.3 is 4.57 Å². The molecule has 3 heterocycles. The fraction of sp³-hybridized carbons (Fsp3) is 0.440. The average molecular weight is 432 g/mol. The smallest absolute Gasteiger partial charge is 0.327 e. The Morgan fingerprint density at radius 3 is 2.59 bits per heavy atom. The molecule has 3 aromatic heterocycles. The summed E-state index contributed by atoms with van der Waals surface area (Å²) < 4.78 is 5.74. The first-order chi connectivity index (χ1) is 15.5. The van der Waals surface area contributed by atoms with Crippen molar-refractivity contribution in [2.24, 2.45) is 5.92 Å². The molecule has 1 aliphatic rings. The van der Waals surface area contributed by atoms with E-state index in [-0.39, 0.29) is 23.8 Å². The van der Waals surface area contributed by atoms with Crippen LogP contribution in [0.25, 0.3) is 21.9 Å². The van der Waals surface area contributed by atoms with Gasteiger partial charge in [-0.15, -0.1) is 0 Å². The van der Waals surface area contributed by atoms with Crippen molar-refractivity contribution in [1.29, 1.82) is 0 Å². The maximum absolute atomic E-state index is 13.4. The second-order valence-electron chi connectivity index (χ2n) is 9.21. The van der Waals surface area contributed by atoms with Gasteiger partial charge in [-0.2, -0.15) is 4.98 Å². The van der Waals surface area contributed by atoms with Gasteiger partial charge in [0, 0.05) is 18.8 Å². The van der Waals surface area contributed by atoms with Crippen LogP contribution in [0.4, 0.5) is 0 Å². The maximum atomic E-state index is 13.4. The second kappa shape index (κ2) is 8.04. The Labute approximate surface area is 186 Å². The maximum Gasteiger partial charge on any atom is 0.329 e. The van der Waals surface area contributed by atoms with Crippen molar-refractivity contribution < 1.29 is 0 Å². The third kappa shape index (κ3) is 3.55. The van der Waals surface area contributed by atoms with E-state index in [0.29, 0.717) is 17.1 Å². The first-order valence-corrected chi connectivity index (χ1v) is 11.5. The summed E-state index contributed by atoms with van der Waals surface area (Å²) in [6.45, 7) is 7.49. The summed E-state index contributed by atoms with van der Waals surface area (Å²) in [5, 5.41) is 0.629. The zero-order chi connectivity index (χ0) is 22.4. The molecule has 0 amide bonds. The SMILES string of the molecule is CCc1ccc2c(=O)nc(Cn3c(=O)n(C4CC4)c4ccncc43)n(CCC(C)C)c2c1. The molecular formula is C25H29N5O2. The Balaban J connectivity index is 1.71. The molecule has 0 atom stereocenters. The van der Waals surface area contributed by atoms with Crippen molar-refractivity contribution in [3.05, 3.63) is 68.9 Å². The summed E-state index contributed by atoms with van der Waals surface area (Å²) >= 11 is 0. The van der Waals surface area contributed by atoms with Crippen molar-refractivity contribution >= 4 is 21.9 Å². The third-order valence-electron chi connectivity index (χ3n) is 6.44. The Morgan fingerprint density at radius 1 is 1.06 bits per heavy atom. The largest absolute Gasteiger partial charge is 0.329 e. The molecule has 0 aliphatic heterocycles. The van der Waals surface area contributed by atoms with Crippen molar-refractivity contribution in [3.63, 3.8) is 0 Å². The van der Waals surface area contributed by atoms with Crippen LogP contribution >= 0.6 is 0 Å². The van der Waals surface area contributed by atoms with E-state index in [9.17, 15) is 9.59 Å². The summed E-state index contributed by atoms with van der Waals surface area (Å²) in [6.07, 6.45) is 7.37. The van der Waals surface area contributed by atoms with Gasteiger partial charge in [0.25, 0.3) is 5.56 Å². The number of rotatable bonds is 7. The molecule has 32 heavy (non-hydrogen) atoms. The number of hydrogen-bond donors (Lipinski definition) is 0.